The average Bonchev–Trinajstić information content (AvgIpc) is 2.92. The van der Waals surface area contributed by atoms with Crippen molar-refractivity contribution in [2.75, 3.05) is 39.0 Å². The van der Waals surface area contributed by atoms with Gasteiger partial charge in [-0.25, -0.2) is 8.42 Å². The van der Waals surface area contributed by atoms with Gasteiger partial charge in [-0.15, -0.1) is 0 Å². The van der Waals surface area contributed by atoms with Crippen LogP contribution in [0.25, 0.3) is 0 Å². The number of carbonyl (C=O) groups excluding carboxylic acids is 1. The molecule has 2 aromatic rings. The molecule has 0 bridgehead atoms. The summed E-state index contributed by atoms with van der Waals surface area (Å²) in [7, 11) is -3.15. The van der Waals surface area contributed by atoms with E-state index in [-0.39, 0.29) is 5.78 Å². The van der Waals surface area contributed by atoms with Crippen LogP contribution in [0.15, 0.2) is 59.5 Å². The number of hydrogen-bond acceptors (Lipinski definition) is 5. The van der Waals surface area contributed by atoms with Crippen LogP contribution in [-0.4, -0.2) is 63.0 Å². The first-order valence-corrected chi connectivity index (χ1v) is 11.6. The van der Waals surface area contributed by atoms with Crippen molar-refractivity contribution in [1.82, 2.24) is 9.80 Å². The van der Waals surface area contributed by atoms with Gasteiger partial charge in [0, 0.05) is 44.4 Å². The van der Waals surface area contributed by atoms with Crippen LogP contribution in [0.4, 0.5) is 0 Å². The molecule has 0 N–H and O–H groups in total. The molecule has 0 saturated carbocycles. The molecule has 2 aromatic carbocycles. The number of benzene rings is 2. The molecule has 0 unspecified atom stereocenters. The minimum Gasteiger partial charge on any atom is -0.302 e. The zero-order valence-corrected chi connectivity index (χ0v) is 17.2. The second-order valence-corrected chi connectivity index (χ2v) is 9.44. The molecular weight excluding hydrogens is 372 g/mol. The normalized spacial score (nSPS) is 16.6. The van der Waals surface area contributed by atoms with Crippen molar-refractivity contribution >= 4 is 15.6 Å². The monoisotopic (exact) mass is 400 g/mol. The first-order valence-electron chi connectivity index (χ1n) is 9.74. The van der Waals surface area contributed by atoms with Gasteiger partial charge >= 0.3 is 0 Å². The Hall–Kier alpha value is -2.02. The van der Waals surface area contributed by atoms with Crippen LogP contribution < -0.4 is 0 Å². The number of carbonyl (C=O) groups is 1. The number of hydrogen-bond donors (Lipinski definition) is 0. The lowest BCUT2D eigenvalue weighted by Crippen LogP contribution is -2.32. The Morgan fingerprint density at radius 2 is 1.54 bits per heavy atom. The van der Waals surface area contributed by atoms with Gasteiger partial charge in [0.2, 0.25) is 0 Å². The Labute approximate surface area is 167 Å². The van der Waals surface area contributed by atoms with E-state index in [0.717, 1.165) is 56.8 Å². The molecule has 0 spiro atoms. The summed E-state index contributed by atoms with van der Waals surface area (Å²) in [6, 6.07) is 16.7. The Morgan fingerprint density at radius 3 is 2.21 bits per heavy atom. The molecule has 150 valence electrons. The first kappa shape index (κ1) is 20.7. The van der Waals surface area contributed by atoms with Crippen LogP contribution in [0, 0.1) is 0 Å². The molecule has 0 radical (unpaired) electrons. The molecule has 1 heterocycles. The number of rotatable bonds is 7. The fourth-order valence-corrected chi connectivity index (χ4v) is 4.16. The molecule has 5 nitrogen and oxygen atoms in total. The second-order valence-electron chi connectivity index (χ2n) is 7.43. The van der Waals surface area contributed by atoms with Crippen molar-refractivity contribution in [3.05, 3.63) is 65.7 Å². The Kier molecular flexibility index (Phi) is 6.99. The molecule has 1 aliphatic rings. The Bertz CT molecular complexity index is 880. The van der Waals surface area contributed by atoms with E-state index in [1.165, 1.54) is 6.26 Å². The SMILES string of the molecule is CS(=O)(=O)c1ccc(CN2CCCN(CCC(=O)c3ccccc3)CC2)cc1. The molecular formula is C22H28N2O3S. The average molecular weight is 401 g/mol. The summed E-state index contributed by atoms with van der Waals surface area (Å²) in [6.07, 6.45) is 2.85. The molecule has 0 atom stereocenters. The lowest BCUT2D eigenvalue weighted by Gasteiger charge is -2.21. The third kappa shape index (κ3) is 5.99. The summed E-state index contributed by atoms with van der Waals surface area (Å²) in [5.41, 5.74) is 1.91. The predicted octanol–water partition coefficient (Wildman–Crippen LogP) is 2.87. The Balaban J connectivity index is 1.47. The maximum atomic E-state index is 12.3. The lowest BCUT2D eigenvalue weighted by molar-refractivity contribution is 0.0964. The summed E-state index contributed by atoms with van der Waals surface area (Å²) < 4.78 is 23.2. The van der Waals surface area contributed by atoms with Gasteiger partial charge in [-0.3, -0.25) is 9.69 Å². The zero-order chi connectivity index (χ0) is 20.0. The molecule has 0 amide bonds. The van der Waals surface area contributed by atoms with E-state index in [0.29, 0.717) is 11.3 Å². The summed E-state index contributed by atoms with van der Waals surface area (Å²) in [6.45, 7) is 5.53. The van der Waals surface area contributed by atoms with Gasteiger partial charge in [0.25, 0.3) is 0 Å². The van der Waals surface area contributed by atoms with Gasteiger partial charge in [-0.2, -0.15) is 0 Å². The number of sulfone groups is 1. The van der Waals surface area contributed by atoms with Crippen LogP contribution in [0.1, 0.15) is 28.8 Å². The van der Waals surface area contributed by atoms with E-state index >= 15 is 0 Å². The lowest BCUT2D eigenvalue weighted by atomic mass is 10.1. The molecule has 3 rings (SSSR count). The van der Waals surface area contributed by atoms with E-state index in [4.69, 9.17) is 0 Å². The summed E-state index contributed by atoms with van der Waals surface area (Å²) in [5.74, 6) is 0.202. The molecule has 1 fully saturated rings. The molecule has 28 heavy (non-hydrogen) atoms. The highest BCUT2D eigenvalue weighted by Crippen LogP contribution is 2.14. The van der Waals surface area contributed by atoms with Gasteiger partial charge in [0.15, 0.2) is 15.6 Å². The van der Waals surface area contributed by atoms with Gasteiger partial charge < -0.3 is 4.90 Å². The highest BCUT2D eigenvalue weighted by Gasteiger charge is 2.16. The van der Waals surface area contributed by atoms with E-state index < -0.39 is 9.84 Å². The topological polar surface area (TPSA) is 57.7 Å². The minimum atomic E-state index is -3.15. The van der Waals surface area contributed by atoms with Crippen molar-refractivity contribution in [2.24, 2.45) is 0 Å². The van der Waals surface area contributed by atoms with E-state index in [1.54, 1.807) is 12.1 Å². The van der Waals surface area contributed by atoms with Gasteiger partial charge in [0.1, 0.15) is 0 Å². The van der Waals surface area contributed by atoms with Crippen molar-refractivity contribution in [3.63, 3.8) is 0 Å². The third-order valence-corrected chi connectivity index (χ3v) is 6.32. The van der Waals surface area contributed by atoms with Gasteiger partial charge in [0.05, 0.1) is 4.90 Å². The molecule has 0 aliphatic carbocycles. The third-order valence-electron chi connectivity index (χ3n) is 5.19. The summed E-state index contributed by atoms with van der Waals surface area (Å²) >= 11 is 0. The zero-order valence-electron chi connectivity index (χ0n) is 16.4. The smallest absolute Gasteiger partial charge is 0.175 e. The summed E-state index contributed by atoms with van der Waals surface area (Å²) in [5, 5.41) is 0. The predicted molar refractivity (Wildman–Crippen MR) is 111 cm³/mol. The van der Waals surface area contributed by atoms with E-state index in [1.807, 2.05) is 42.5 Å². The molecule has 6 heteroatoms. The van der Waals surface area contributed by atoms with Crippen LogP contribution in [0.5, 0.6) is 0 Å². The van der Waals surface area contributed by atoms with Crippen molar-refractivity contribution in [2.45, 2.75) is 24.3 Å². The van der Waals surface area contributed by atoms with Gasteiger partial charge in [-0.05, 0) is 37.2 Å². The second kappa shape index (κ2) is 9.45. The number of ketones is 1. The van der Waals surface area contributed by atoms with Crippen LogP contribution in [-0.2, 0) is 16.4 Å². The number of Topliss-reactive ketones (excluding diaryl/α,β-unsaturated/α-hetero) is 1. The first-order chi connectivity index (χ1) is 13.4. The maximum Gasteiger partial charge on any atom is 0.175 e. The van der Waals surface area contributed by atoms with Crippen LogP contribution in [0.2, 0.25) is 0 Å². The molecule has 1 aliphatic heterocycles. The van der Waals surface area contributed by atoms with Crippen molar-refractivity contribution in [3.8, 4) is 0 Å². The van der Waals surface area contributed by atoms with E-state index in [9.17, 15) is 13.2 Å². The maximum absolute atomic E-state index is 12.3. The fraction of sp³-hybridized carbons (Fsp3) is 0.409. The number of nitrogens with zero attached hydrogens (tertiary/aromatic N) is 2. The highest BCUT2D eigenvalue weighted by molar-refractivity contribution is 7.90. The largest absolute Gasteiger partial charge is 0.302 e. The summed E-state index contributed by atoms with van der Waals surface area (Å²) in [4.78, 5) is 17.4. The standard InChI is InChI=1S/C22H28N2O3S/c1-28(26,27)21-10-8-19(9-11-21)18-24-14-5-13-23(16-17-24)15-12-22(25)20-6-3-2-4-7-20/h2-4,6-11H,5,12-18H2,1H3. The van der Waals surface area contributed by atoms with Crippen LogP contribution >= 0.6 is 0 Å². The molecule has 1 saturated heterocycles. The van der Waals surface area contributed by atoms with Crippen molar-refractivity contribution in [1.29, 1.82) is 0 Å². The quantitative estimate of drug-likeness (QED) is 0.669. The van der Waals surface area contributed by atoms with Gasteiger partial charge in [-0.1, -0.05) is 42.5 Å². The fourth-order valence-electron chi connectivity index (χ4n) is 3.53. The van der Waals surface area contributed by atoms with E-state index in [2.05, 4.69) is 9.80 Å². The Morgan fingerprint density at radius 1 is 0.893 bits per heavy atom. The minimum absolute atomic E-state index is 0.202. The van der Waals surface area contributed by atoms with Crippen LogP contribution in [0.3, 0.4) is 0 Å². The highest BCUT2D eigenvalue weighted by atomic mass is 32.2. The van der Waals surface area contributed by atoms with Crippen molar-refractivity contribution < 1.29 is 13.2 Å². The molecule has 0 aromatic heterocycles.